The van der Waals surface area contributed by atoms with Gasteiger partial charge in [-0.25, -0.2) is 4.79 Å². The van der Waals surface area contributed by atoms with Crippen LogP contribution in [-0.2, 0) is 9.53 Å². The highest BCUT2D eigenvalue weighted by Gasteiger charge is 2.24. The van der Waals surface area contributed by atoms with Crippen LogP contribution in [-0.4, -0.2) is 54.5 Å². The molecule has 1 aliphatic rings. The summed E-state index contributed by atoms with van der Waals surface area (Å²) in [6.45, 7) is 0.438. The minimum atomic E-state index is -0.632. The fourth-order valence-corrected chi connectivity index (χ4v) is 2.38. The van der Waals surface area contributed by atoms with Crippen LogP contribution in [0.4, 0.5) is 0 Å². The molecule has 1 heterocycles. The molecule has 2 rings (SSSR count). The van der Waals surface area contributed by atoms with Gasteiger partial charge >= 0.3 is 5.97 Å². The highest BCUT2D eigenvalue weighted by molar-refractivity contribution is 5.98. The largest absolute Gasteiger partial charge is 0.508 e. The zero-order valence-electron chi connectivity index (χ0n) is 12.5. The Labute approximate surface area is 127 Å². The first-order valence-electron chi connectivity index (χ1n) is 6.88. The van der Waals surface area contributed by atoms with E-state index >= 15 is 0 Å². The van der Waals surface area contributed by atoms with E-state index in [0.29, 0.717) is 19.4 Å². The molecule has 7 nitrogen and oxygen atoms in total. The van der Waals surface area contributed by atoms with Gasteiger partial charge in [0.1, 0.15) is 5.75 Å². The zero-order valence-corrected chi connectivity index (χ0v) is 12.5. The summed E-state index contributed by atoms with van der Waals surface area (Å²) in [5.41, 5.74) is 0.267. The van der Waals surface area contributed by atoms with Crippen LogP contribution in [0.25, 0.3) is 0 Å². The molecule has 22 heavy (non-hydrogen) atoms. The number of benzene rings is 1. The molecule has 0 radical (unpaired) electrons. The lowest BCUT2D eigenvalue weighted by Crippen LogP contribution is -2.48. The standard InChI is InChI=1S/C15H18N2O5/c1-17-8-11(3-4-13(17)19)16-14(20)9-5-10(15(21)22-2)7-12(18)6-9/h5-7,11,18H,3-4,8H2,1-2H3,(H,16,20)/t11-/m0/s1. The van der Waals surface area contributed by atoms with Gasteiger partial charge in [0, 0.05) is 31.6 Å². The summed E-state index contributed by atoms with van der Waals surface area (Å²) < 4.78 is 4.58. The number of likely N-dealkylation sites (tertiary alicyclic amines) is 1. The molecule has 0 bridgehead atoms. The number of esters is 1. The van der Waals surface area contributed by atoms with E-state index in [1.807, 2.05) is 0 Å². The van der Waals surface area contributed by atoms with Crippen molar-refractivity contribution in [2.45, 2.75) is 18.9 Å². The van der Waals surface area contributed by atoms with Crippen molar-refractivity contribution in [3.8, 4) is 5.75 Å². The number of phenols is 1. The Balaban J connectivity index is 2.11. The molecule has 1 aromatic rings. The number of phenolic OH excluding ortho intramolecular Hbond substituents is 1. The number of ether oxygens (including phenoxy) is 1. The summed E-state index contributed by atoms with van der Waals surface area (Å²) in [6.07, 6.45) is 0.951. The average Bonchev–Trinajstić information content (AvgIpc) is 2.49. The van der Waals surface area contributed by atoms with Gasteiger partial charge in [-0.3, -0.25) is 9.59 Å². The van der Waals surface area contributed by atoms with Crippen LogP contribution in [0.3, 0.4) is 0 Å². The second-order valence-corrected chi connectivity index (χ2v) is 5.24. The predicted octanol–water partition coefficient (Wildman–Crippen LogP) is 0.529. The Kier molecular flexibility index (Phi) is 4.65. The molecule has 1 aliphatic heterocycles. The van der Waals surface area contributed by atoms with E-state index in [1.165, 1.54) is 25.3 Å². The van der Waals surface area contributed by atoms with E-state index < -0.39 is 11.9 Å². The van der Waals surface area contributed by atoms with E-state index in [-0.39, 0.29) is 28.8 Å². The van der Waals surface area contributed by atoms with E-state index in [0.717, 1.165) is 0 Å². The van der Waals surface area contributed by atoms with Crippen molar-refractivity contribution < 1.29 is 24.2 Å². The van der Waals surface area contributed by atoms with Crippen LogP contribution >= 0.6 is 0 Å². The van der Waals surface area contributed by atoms with Gasteiger partial charge in [-0.15, -0.1) is 0 Å². The number of aromatic hydroxyl groups is 1. The molecule has 0 unspecified atom stereocenters. The van der Waals surface area contributed by atoms with Gasteiger partial charge < -0.3 is 20.1 Å². The Hall–Kier alpha value is -2.57. The number of nitrogens with zero attached hydrogens (tertiary/aromatic N) is 1. The number of nitrogens with one attached hydrogen (secondary N) is 1. The van der Waals surface area contributed by atoms with Gasteiger partial charge in [0.25, 0.3) is 5.91 Å². The fraction of sp³-hybridized carbons (Fsp3) is 0.400. The smallest absolute Gasteiger partial charge is 0.338 e. The van der Waals surface area contributed by atoms with Gasteiger partial charge in [-0.1, -0.05) is 0 Å². The number of rotatable bonds is 3. The van der Waals surface area contributed by atoms with Crippen LogP contribution in [0, 0.1) is 0 Å². The molecule has 1 saturated heterocycles. The second kappa shape index (κ2) is 6.46. The molecule has 0 aliphatic carbocycles. The van der Waals surface area contributed by atoms with Gasteiger partial charge in [-0.2, -0.15) is 0 Å². The molecule has 1 aromatic carbocycles. The highest BCUT2D eigenvalue weighted by Crippen LogP contribution is 2.17. The molecule has 1 fully saturated rings. The maximum Gasteiger partial charge on any atom is 0.338 e. The predicted molar refractivity (Wildman–Crippen MR) is 77.6 cm³/mol. The third-order valence-electron chi connectivity index (χ3n) is 3.56. The van der Waals surface area contributed by atoms with Crippen molar-refractivity contribution >= 4 is 17.8 Å². The van der Waals surface area contributed by atoms with Crippen LogP contribution < -0.4 is 5.32 Å². The molecule has 2 N–H and O–H groups in total. The van der Waals surface area contributed by atoms with Gasteiger partial charge in [-0.05, 0) is 24.6 Å². The quantitative estimate of drug-likeness (QED) is 0.794. The van der Waals surface area contributed by atoms with Gasteiger partial charge in [0.2, 0.25) is 5.91 Å². The number of piperidine rings is 1. The van der Waals surface area contributed by atoms with Crippen molar-refractivity contribution in [1.29, 1.82) is 0 Å². The Morgan fingerprint density at radius 3 is 2.64 bits per heavy atom. The fourth-order valence-electron chi connectivity index (χ4n) is 2.38. The van der Waals surface area contributed by atoms with E-state index in [2.05, 4.69) is 10.1 Å². The summed E-state index contributed by atoms with van der Waals surface area (Å²) in [6, 6.07) is 3.72. The maximum absolute atomic E-state index is 12.2. The highest BCUT2D eigenvalue weighted by atomic mass is 16.5. The molecule has 118 valence electrons. The molecule has 7 heteroatoms. The van der Waals surface area contributed by atoms with Crippen LogP contribution in [0.1, 0.15) is 33.6 Å². The summed E-state index contributed by atoms with van der Waals surface area (Å²) in [5, 5.41) is 12.4. The second-order valence-electron chi connectivity index (χ2n) is 5.24. The summed E-state index contributed by atoms with van der Waals surface area (Å²) >= 11 is 0. The van der Waals surface area contributed by atoms with Crippen molar-refractivity contribution in [3.05, 3.63) is 29.3 Å². The van der Waals surface area contributed by atoms with Crippen LogP contribution in [0.15, 0.2) is 18.2 Å². The van der Waals surface area contributed by atoms with E-state index in [9.17, 15) is 19.5 Å². The molecule has 1 atom stereocenters. The summed E-state index contributed by atoms with van der Waals surface area (Å²) in [4.78, 5) is 36.7. The van der Waals surface area contributed by atoms with Gasteiger partial charge in [0.15, 0.2) is 0 Å². The minimum Gasteiger partial charge on any atom is -0.508 e. The Morgan fingerprint density at radius 1 is 1.32 bits per heavy atom. The molecular formula is C15H18N2O5. The first kappa shape index (κ1) is 15.8. The topological polar surface area (TPSA) is 95.9 Å². The van der Waals surface area contributed by atoms with Gasteiger partial charge in [0.05, 0.1) is 12.7 Å². The lowest BCUT2D eigenvalue weighted by atomic mass is 10.0. The van der Waals surface area contributed by atoms with Crippen molar-refractivity contribution in [2.24, 2.45) is 0 Å². The lowest BCUT2D eigenvalue weighted by molar-refractivity contribution is -0.132. The molecule has 0 aromatic heterocycles. The first-order valence-corrected chi connectivity index (χ1v) is 6.88. The number of amides is 2. The molecule has 0 saturated carbocycles. The first-order chi connectivity index (χ1) is 10.4. The third-order valence-corrected chi connectivity index (χ3v) is 3.56. The van der Waals surface area contributed by atoms with Crippen molar-refractivity contribution in [3.63, 3.8) is 0 Å². The molecule has 2 amide bonds. The van der Waals surface area contributed by atoms with Crippen LogP contribution in [0.2, 0.25) is 0 Å². The third kappa shape index (κ3) is 3.55. The van der Waals surface area contributed by atoms with Crippen LogP contribution in [0.5, 0.6) is 5.75 Å². The number of carbonyl (C=O) groups is 3. The number of likely N-dealkylation sites (N-methyl/N-ethyl adjacent to an activating group) is 1. The van der Waals surface area contributed by atoms with Crippen molar-refractivity contribution in [2.75, 3.05) is 20.7 Å². The zero-order chi connectivity index (χ0) is 16.3. The monoisotopic (exact) mass is 306 g/mol. The van der Waals surface area contributed by atoms with Crippen molar-refractivity contribution in [1.82, 2.24) is 10.2 Å². The maximum atomic E-state index is 12.2. The van der Waals surface area contributed by atoms with E-state index in [4.69, 9.17) is 0 Å². The normalized spacial score (nSPS) is 18.0. The summed E-state index contributed by atoms with van der Waals surface area (Å²) in [7, 11) is 2.91. The Bertz CT molecular complexity index is 614. The number of carbonyl (C=O) groups excluding carboxylic acids is 3. The minimum absolute atomic E-state index is 0.0517. The Morgan fingerprint density at radius 2 is 2.00 bits per heavy atom. The molecular weight excluding hydrogens is 288 g/mol. The molecule has 0 spiro atoms. The van der Waals surface area contributed by atoms with E-state index in [1.54, 1.807) is 11.9 Å². The number of hydrogen-bond acceptors (Lipinski definition) is 5. The SMILES string of the molecule is COC(=O)c1cc(O)cc(C(=O)N[C@H]2CCC(=O)N(C)C2)c1. The number of methoxy groups -OCH3 is 1. The summed E-state index contributed by atoms with van der Waals surface area (Å²) in [5.74, 6) is -1.18. The lowest BCUT2D eigenvalue weighted by Gasteiger charge is -2.30. The average molecular weight is 306 g/mol. The number of hydrogen-bond donors (Lipinski definition) is 2.